The van der Waals surface area contributed by atoms with Crippen molar-refractivity contribution in [2.24, 2.45) is 4.99 Å². The molecule has 1 atom stereocenters. The van der Waals surface area contributed by atoms with E-state index in [0.29, 0.717) is 39.4 Å². The van der Waals surface area contributed by atoms with E-state index in [1.54, 1.807) is 16.6 Å². The van der Waals surface area contributed by atoms with Gasteiger partial charge in [-0.25, -0.2) is 4.99 Å². The maximum Gasteiger partial charge on any atom is 0.271 e. The van der Waals surface area contributed by atoms with E-state index in [-0.39, 0.29) is 11.5 Å². The quantitative estimate of drug-likeness (QED) is 0.303. The topological polar surface area (TPSA) is 68.8 Å². The van der Waals surface area contributed by atoms with Crippen molar-refractivity contribution in [2.75, 3.05) is 20.2 Å². The summed E-state index contributed by atoms with van der Waals surface area (Å²) in [6.07, 6.45) is 1.96. The van der Waals surface area contributed by atoms with E-state index in [0.717, 1.165) is 22.5 Å². The Morgan fingerprint density at radius 2 is 1.69 bits per heavy atom. The van der Waals surface area contributed by atoms with Crippen molar-refractivity contribution in [1.29, 1.82) is 0 Å². The van der Waals surface area contributed by atoms with Gasteiger partial charge in [0.05, 0.1) is 28.6 Å². The van der Waals surface area contributed by atoms with Gasteiger partial charge in [0.25, 0.3) is 11.5 Å². The van der Waals surface area contributed by atoms with Gasteiger partial charge in [0.2, 0.25) is 0 Å². The van der Waals surface area contributed by atoms with E-state index in [4.69, 9.17) is 9.73 Å². The number of likely N-dealkylation sites (N-methyl/N-ethyl adjacent to an activating group) is 1. The third kappa shape index (κ3) is 4.83. The number of nitrogens with zero attached hydrogens (tertiary/aromatic N) is 4. The molecule has 1 amide bonds. The maximum absolute atomic E-state index is 14.3. The lowest BCUT2D eigenvalue weighted by molar-refractivity contribution is -0.127. The van der Waals surface area contributed by atoms with Gasteiger partial charge in [-0.05, 0) is 83.4 Å². The second-order valence-corrected chi connectivity index (χ2v) is 11.7. The van der Waals surface area contributed by atoms with Crippen LogP contribution in [0.1, 0.15) is 60.5 Å². The highest BCUT2D eigenvalue weighted by Crippen LogP contribution is 2.36. The lowest BCUT2D eigenvalue weighted by atomic mass is 9.94. The zero-order valence-electron chi connectivity index (χ0n) is 25.6. The van der Waals surface area contributed by atoms with E-state index >= 15 is 0 Å². The number of benzene rings is 2. The first-order valence-electron chi connectivity index (χ1n) is 14.3. The summed E-state index contributed by atoms with van der Waals surface area (Å²) in [6.45, 7) is 15.3. The molecule has 8 heteroatoms. The van der Waals surface area contributed by atoms with Crippen LogP contribution in [0.25, 0.3) is 11.8 Å². The standard InChI is InChI=1S/C34H38N4O3S/c1-9-36(10-2)33(40)29-23(6)35-34-38(31(29)26-16-11-12-17-27(26)41-8)32(39)28(42-34)19-25-18-22(5)37(24(25)7)30-20(3)14-13-15-21(30)4/h11-19,31H,9-10H2,1-8H3/b28-19+/t31-/m1/s1. The lowest BCUT2D eigenvalue weighted by Gasteiger charge is -2.29. The molecule has 0 fully saturated rings. The molecule has 0 N–H and O–H groups in total. The second kappa shape index (κ2) is 11.6. The monoisotopic (exact) mass is 582 g/mol. The molecule has 2 aromatic carbocycles. The Hall–Kier alpha value is -4.17. The van der Waals surface area contributed by atoms with Gasteiger partial charge in [0, 0.05) is 30.0 Å². The Balaban J connectivity index is 1.74. The molecule has 0 saturated heterocycles. The van der Waals surface area contributed by atoms with Gasteiger partial charge in [-0.3, -0.25) is 14.2 Å². The van der Waals surface area contributed by atoms with E-state index in [2.05, 4.69) is 56.5 Å². The fourth-order valence-corrected chi connectivity index (χ4v) is 7.08. The number of aromatic nitrogens is 2. The molecular formula is C34H38N4O3S. The normalized spacial score (nSPS) is 15.0. The highest BCUT2D eigenvalue weighted by atomic mass is 32.1. The Morgan fingerprint density at radius 3 is 2.33 bits per heavy atom. The summed E-state index contributed by atoms with van der Waals surface area (Å²) in [5.74, 6) is 0.498. The van der Waals surface area contributed by atoms with Crippen LogP contribution in [0.5, 0.6) is 5.75 Å². The third-order valence-corrected chi connectivity index (χ3v) is 9.14. The second-order valence-electron chi connectivity index (χ2n) is 10.7. The van der Waals surface area contributed by atoms with E-state index < -0.39 is 6.04 Å². The molecular weight excluding hydrogens is 544 g/mol. The van der Waals surface area contributed by atoms with Crippen LogP contribution >= 0.6 is 11.3 Å². The van der Waals surface area contributed by atoms with Crippen molar-refractivity contribution in [3.63, 3.8) is 0 Å². The predicted octanol–water partition coefficient (Wildman–Crippen LogP) is 5.14. The van der Waals surface area contributed by atoms with Gasteiger partial charge < -0.3 is 14.2 Å². The number of rotatable bonds is 7. The van der Waals surface area contributed by atoms with Crippen molar-refractivity contribution in [1.82, 2.24) is 14.0 Å². The zero-order chi connectivity index (χ0) is 30.3. The molecule has 42 heavy (non-hydrogen) atoms. The number of ether oxygens (including phenoxy) is 1. The highest BCUT2D eigenvalue weighted by Gasteiger charge is 2.35. The van der Waals surface area contributed by atoms with Crippen molar-refractivity contribution in [3.8, 4) is 11.4 Å². The minimum atomic E-state index is -0.658. The SMILES string of the molecule is CCN(CC)C(=O)C1=C(C)N=c2s/c(=C/c3cc(C)n(-c4c(C)cccc4C)c3C)c(=O)n2[C@@H]1c1ccccc1OC. The number of fused-ring (bicyclic) bond motifs is 1. The number of para-hydroxylation sites is 2. The van der Waals surface area contributed by atoms with Crippen LogP contribution in [0.4, 0.5) is 0 Å². The van der Waals surface area contributed by atoms with E-state index in [1.807, 2.05) is 51.1 Å². The van der Waals surface area contributed by atoms with Crippen molar-refractivity contribution in [3.05, 3.63) is 113 Å². The first-order valence-corrected chi connectivity index (χ1v) is 15.1. The smallest absolute Gasteiger partial charge is 0.271 e. The first-order chi connectivity index (χ1) is 20.1. The number of amides is 1. The Bertz CT molecular complexity index is 1880. The molecule has 1 aliphatic heterocycles. The predicted molar refractivity (Wildman–Crippen MR) is 169 cm³/mol. The molecule has 0 saturated carbocycles. The van der Waals surface area contributed by atoms with Gasteiger partial charge in [0.15, 0.2) is 4.80 Å². The van der Waals surface area contributed by atoms with Crippen LogP contribution in [0.2, 0.25) is 0 Å². The number of methoxy groups -OCH3 is 1. The summed E-state index contributed by atoms with van der Waals surface area (Å²) in [6, 6.07) is 15.4. The van der Waals surface area contributed by atoms with Gasteiger partial charge in [-0.15, -0.1) is 0 Å². The van der Waals surface area contributed by atoms with Crippen LogP contribution in [-0.2, 0) is 4.79 Å². The van der Waals surface area contributed by atoms with Gasteiger partial charge in [0.1, 0.15) is 11.8 Å². The number of carbonyl (C=O) groups is 1. The van der Waals surface area contributed by atoms with Gasteiger partial charge >= 0.3 is 0 Å². The van der Waals surface area contributed by atoms with Crippen LogP contribution in [0, 0.1) is 27.7 Å². The number of thiazole rings is 1. The van der Waals surface area contributed by atoms with Gasteiger partial charge in [-0.1, -0.05) is 47.7 Å². The van der Waals surface area contributed by atoms with Crippen LogP contribution < -0.4 is 19.6 Å². The lowest BCUT2D eigenvalue weighted by Crippen LogP contribution is -2.43. The van der Waals surface area contributed by atoms with Crippen LogP contribution in [0.3, 0.4) is 0 Å². The number of aryl methyl sites for hydroxylation is 3. The molecule has 5 rings (SSSR count). The summed E-state index contributed by atoms with van der Waals surface area (Å²) in [7, 11) is 1.61. The number of carbonyl (C=O) groups excluding carboxylic acids is 1. The minimum absolute atomic E-state index is 0.122. The first kappa shape index (κ1) is 29.3. The zero-order valence-corrected chi connectivity index (χ0v) is 26.4. The van der Waals surface area contributed by atoms with Crippen molar-refractivity contribution < 1.29 is 9.53 Å². The molecule has 0 aliphatic carbocycles. The van der Waals surface area contributed by atoms with E-state index in [9.17, 15) is 9.59 Å². The Morgan fingerprint density at radius 1 is 1.02 bits per heavy atom. The fourth-order valence-electron chi connectivity index (χ4n) is 6.04. The molecule has 3 heterocycles. The molecule has 1 aliphatic rings. The molecule has 0 bridgehead atoms. The molecule has 0 radical (unpaired) electrons. The Labute approximate surface area is 250 Å². The maximum atomic E-state index is 14.3. The van der Waals surface area contributed by atoms with Gasteiger partial charge in [-0.2, -0.15) is 0 Å². The fraction of sp³-hybridized carbons (Fsp3) is 0.324. The third-order valence-electron chi connectivity index (χ3n) is 8.16. The van der Waals surface area contributed by atoms with E-state index in [1.165, 1.54) is 28.2 Å². The largest absolute Gasteiger partial charge is 0.496 e. The molecule has 218 valence electrons. The number of hydrogen-bond acceptors (Lipinski definition) is 5. The van der Waals surface area contributed by atoms with Crippen LogP contribution in [-0.4, -0.2) is 40.1 Å². The highest BCUT2D eigenvalue weighted by molar-refractivity contribution is 7.07. The number of hydrogen-bond donors (Lipinski definition) is 0. The van der Waals surface area contributed by atoms with Crippen LogP contribution in [0.15, 0.2) is 69.6 Å². The molecule has 4 aromatic rings. The Kier molecular flexibility index (Phi) is 8.10. The summed E-state index contributed by atoms with van der Waals surface area (Å²) >= 11 is 1.35. The summed E-state index contributed by atoms with van der Waals surface area (Å²) in [5.41, 5.74) is 8.38. The average molecular weight is 583 g/mol. The van der Waals surface area contributed by atoms with Crippen molar-refractivity contribution >= 4 is 23.3 Å². The molecule has 7 nitrogen and oxygen atoms in total. The minimum Gasteiger partial charge on any atom is -0.496 e. The summed E-state index contributed by atoms with van der Waals surface area (Å²) in [4.78, 5) is 35.3. The molecule has 2 aromatic heterocycles. The summed E-state index contributed by atoms with van der Waals surface area (Å²) < 4.78 is 10.2. The molecule has 0 unspecified atom stereocenters. The average Bonchev–Trinajstić information content (AvgIpc) is 3.42. The molecule has 0 spiro atoms. The summed E-state index contributed by atoms with van der Waals surface area (Å²) in [5, 5.41) is 0. The van der Waals surface area contributed by atoms with Crippen molar-refractivity contribution in [2.45, 2.75) is 54.5 Å². The number of allylic oxidation sites excluding steroid dienone is 1.